The van der Waals surface area contributed by atoms with E-state index in [1.807, 2.05) is 37.8 Å². The maximum atomic E-state index is 4.35. The van der Waals surface area contributed by atoms with E-state index >= 15 is 0 Å². The van der Waals surface area contributed by atoms with E-state index in [-0.39, 0.29) is 0 Å². The van der Waals surface area contributed by atoms with Crippen molar-refractivity contribution in [2.24, 2.45) is 0 Å². The van der Waals surface area contributed by atoms with Gasteiger partial charge in [0.1, 0.15) is 5.82 Å². The molecule has 2 aromatic rings. The lowest BCUT2D eigenvalue weighted by atomic mass is 10.3. The van der Waals surface area contributed by atoms with Gasteiger partial charge < -0.3 is 4.90 Å². The number of aryl methyl sites for hydroxylation is 1. The van der Waals surface area contributed by atoms with Gasteiger partial charge in [-0.2, -0.15) is 0 Å². The Morgan fingerprint density at radius 1 is 1.38 bits per heavy atom. The Morgan fingerprint density at radius 3 is 2.75 bits per heavy atom. The van der Waals surface area contributed by atoms with Gasteiger partial charge in [-0.1, -0.05) is 0 Å². The Morgan fingerprint density at radius 2 is 2.19 bits per heavy atom. The van der Waals surface area contributed by atoms with Crippen LogP contribution in [-0.4, -0.2) is 17.0 Å². The molecule has 0 unspecified atom stereocenters. The minimum atomic E-state index is 0.852. The van der Waals surface area contributed by atoms with Crippen LogP contribution < -0.4 is 4.90 Å². The minimum absolute atomic E-state index is 0.852. The number of pyridine rings is 1. The Kier molecular flexibility index (Phi) is 3.56. The van der Waals surface area contributed by atoms with Crippen molar-refractivity contribution in [3.05, 3.63) is 38.9 Å². The van der Waals surface area contributed by atoms with Crippen LogP contribution in [-0.2, 0) is 6.54 Å². The first kappa shape index (κ1) is 11.5. The first-order valence-electron chi connectivity index (χ1n) is 4.88. The number of nitrogens with zero attached hydrogens (tertiary/aromatic N) is 3. The fourth-order valence-electron chi connectivity index (χ4n) is 1.37. The summed E-state index contributed by atoms with van der Waals surface area (Å²) in [7, 11) is 2.04. The van der Waals surface area contributed by atoms with E-state index in [1.165, 1.54) is 4.88 Å². The van der Waals surface area contributed by atoms with Gasteiger partial charge in [0.05, 0.1) is 17.7 Å². The summed E-state index contributed by atoms with van der Waals surface area (Å²) in [6, 6.07) is 4.00. The van der Waals surface area contributed by atoms with E-state index in [1.54, 1.807) is 11.3 Å². The second-order valence-corrected chi connectivity index (χ2v) is 5.41. The molecule has 0 aromatic carbocycles. The summed E-state index contributed by atoms with van der Waals surface area (Å²) >= 11 is 5.06. The van der Waals surface area contributed by atoms with E-state index in [9.17, 15) is 0 Å². The number of hydrogen-bond donors (Lipinski definition) is 0. The molecular formula is C11H12BrN3S. The molecule has 0 fully saturated rings. The number of halogens is 1. The molecule has 0 aliphatic carbocycles. The van der Waals surface area contributed by atoms with Gasteiger partial charge in [-0.05, 0) is 35.0 Å². The second kappa shape index (κ2) is 4.93. The molecule has 84 valence electrons. The maximum Gasteiger partial charge on any atom is 0.128 e. The quantitative estimate of drug-likeness (QED) is 0.871. The van der Waals surface area contributed by atoms with Gasteiger partial charge in [-0.25, -0.2) is 9.97 Å². The van der Waals surface area contributed by atoms with E-state index in [4.69, 9.17) is 0 Å². The zero-order chi connectivity index (χ0) is 11.5. The molecule has 0 saturated heterocycles. The van der Waals surface area contributed by atoms with Gasteiger partial charge in [0.25, 0.3) is 0 Å². The normalized spacial score (nSPS) is 10.4. The van der Waals surface area contributed by atoms with Crippen molar-refractivity contribution in [1.29, 1.82) is 0 Å². The SMILES string of the molecule is Cc1ncsc1CN(C)c1ccc(Br)cn1. The zero-order valence-electron chi connectivity index (χ0n) is 9.14. The summed E-state index contributed by atoms with van der Waals surface area (Å²) in [6.45, 7) is 2.89. The van der Waals surface area contributed by atoms with Crippen LogP contribution in [0, 0.1) is 6.92 Å². The fourth-order valence-corrected chi connectivity index (χ4v) is 2.43. The third kappa shape index (κ3) is 2.59. The largest absolute Gasteiger partial charge is 0.354 e. The Labute approximate surface area is 107 Å². The number of aromatic nitrogens is 2. The van der Waals surface area contributed by atoms with Crippen LogP contribution in [0.15, 0.2) is 28.3 Å². The number of anilines is 1. The van der Waals surface area contributed by atoms with Crippen molar-refractivity contribution in [1.82, 2.24) is 9.97 Å². The molecule has 0 bridgehead atoms. The average molecular weight is 298 g/mol. The lowest BCUT2D eigenvalue weighted by Crippen LogP contribution is -2.17. The summed E-state index contributed by atoms with van der Waals surface area (Å²) in [6.07, 6.45) is 1.81. The van der Waals surface area contributed by atoms with Crippen molar-refractivity contribution in [2.45, 2.75) is 13.5 Å². The highest BCUT2D eigenvalue weighted by Crippen LogP contribution is 2.19. The van der Waals surface area contributed by atoms with E-state index < -0.39 is 0 Å². The average Bonchev–Trinajstić information content (AvgIpc) is 2.65. The van der Waals surface area contributed by atoms with Crippen LogP contribution >= 0.6 is 27.3 Å². The van der Waals surface area contributed by atoms with Crippen LogP contribution in [0.2, 0.25) is 0 Å². The topological polar surface area (TPSA) is 29.0 Å². The van der Waals surface area contributed by atoms with E-state index in [0.29, 0.717) is 0 Å². The summed E-state index contributed by atoms with van der Waals surface area (Å²) in [5, 5.41) is 0. The molecule has 0 radical (unpaired) electrons. The maximum absolute atomic E-state index is 4.35. The Balaban J connectivity index is 2.11. The number of rotatable bonds is 3. The first-order chi connectivity index (χ1) is 7.66. The Hall–Kier alpha value is -0.940. The summed E-state index contributed by atoms with van der Waals surface area (Å²) in [4.78, 5) is 12.0. The van der Waals surface area contributed by atoms with Crippen molar-refractivity contribution in [3.8, 4) is 0 Å². The van der Waals surface area contributed by atoms with Crippen LogP contribution in [0.25, 0.3) is 0 Å². The number of hydrogen-bond acceptors (Lipinski definition) is 4. The Bertz CT molecular complexity index is 466. The van der Waals surface area contributed by atoms with Crippen LogP contribution in [0.1, 0.15) is 10.6 Å². The molecule has 2 aromatic heterocycles. The van der Waals surface area contributed by atoms with Gasteiger partial charge in [-0.15, -0.1) is 11.3 Å². The molecule has 5 heteroatoms. The molecule has 2 rings (SSSR count). The van der Waals surface area contributed by atoms with E-state index in [2.05, 4.69) is 30.8 Å². The van der Waals surface area contributed by atoms with Crippen LogP contribution in [0.5, 0.6) is 0 Å². The van der Waals surface area contributed by atoms with Gasteiger partial charge in [0.15, 0.2) is 0 Å². The molecule has 0 aliphatic rings. The first-order valence-corrected chi connectivity index (χ1v) is 6.56. The molecule has 3 nitrogen and oxygen atoms in total. The molecule has 0 N–H and O–H groups in total. The summed E-state index contributed by atoms with van der Waals surface area (Å²) in [5.74, 6) is 0.969. The summed E-state index contributed by atoms with van der Waals surface area (Å²) in [5.41, 5.74) is 2.99. The predicted octanol–water partition coefficient (Wildman–Crippen LogP) is 3.25. The van der Waals surface area contributed by atoms with Crippen molar-refractivity contribution < 1.29 is 0 Å². The highest BCUT2D eigenvalue weighted by atomic mass is 79.9. The monoisotopic (exact) mass is 297 g/mol. The minimum Gasteiger partial charge on any atom is -0.354 e. The highest BCUT2D eigenvalue weighted by molar-refractivity contribution is 9.10. The fraction of sp³-hybridized carbons (Fsp3) is 0.273. The van der Waals surface area contributed by atoms with Gasteiger partial charge in [0, 0.05) is 22.6 Å². The molecule has 16 heavy (non-hydrogen) atoms. The van der Waals surface area contributed by atoms with Crippen molar-refractivity contribution in [2.75, 3.05) is 11.9 Å². The molecule has 0 saturated carbocycles. The lowest BCUT2D eigenvalue weighted by molar-refractivity contribution is 0.900. The predicted molar refractivity (Wildman–Crippen MR) is 70.9 cm³/mol. The van der Waals surface area contributed by atoms with Crippen molar-refractivity contribution >= 4 is 33.1 Å². The molecule has 0 atom stereocenters. The third-order valence-corrected chi connectivity index (χ3v) is 3.72. The number of thiazole rings is 1. The molecule has 2 heterocycles. The van der Waals surface area contributed by atoms with Gasteiger partial charge in [0.2, 0.25) is 0 Å². The summed E-state index contributed by atoms with van der Waals surface area (Å²) < 4.78 is 0.999. The molecular weight excluding hydrogens is 286 g/mol. The standard InChI is InChI=1S/C11H12BrN3S/c1-8-10(16-7-14-8)6-15(2)11-4-3-9(12)5-13-11/h3-5,7H,6H2,1-2H3. The second-order valence-electron chi connectivity index (χ2n) is 3.55. The van der Waals surface area contributed by atoms with Crippen LogP contribution in [0.4, 0.5) is 5.82 Å². The highest BCUT2D eigenvalue weighted by Gasteiger charge is 2.07. The van der Waals surface area contributed by atoms with Gasteiger partial charge in [-0.3, -0.25) is 0 Å². The molecule has 0 spiro atoms. The van der Waals surface area contributed by atoms with Crippen molar-refractivity contribution in [3.63, 3.8) is 0 Å². The smallest absolute Gasteiger partial charge is 0.128 e. The zero-order valence-corrected chi connectivity index (χ0v) is 11.5. The van der Waals surface area contributed by atoms with Gasteiger partial charge >= 0.3 is 0 Å². The van der Waals surface area contributed by atoms with Crippen LogP contribution in [0.3, 0.4) is 0 Å². The molecule has 0 amide bonds. The van der Waals surface area contributed by atoms with E-state index in [0.717, 1.165) is 22.5 Å². The molecule has 0 aliphatic heterocycles. The lowest BCUT2D eigenvalue weighted by Gasteiger charge is -2.17. The third-order valence-electron chi connectivity index (χ3n) is 2.33.